The second-order valence-corrected chi connectivity index (χ2v) is 3.68. The molecule has 0 radical (unpaired) electrons. The minimum atomic E-state index is -0.00583. The topological polar surface area (TPSA) is 55.0 Å². The highest BCUT2D eigenvalue weighted by molar-refractivity contribution is 4.93. The van der Waals surface area contributed by atoms with Crippen molar-refractivity contribution in [2.24, 2.45) is 0 Å². The van der Waals surface area contributed by atoms with Crippen LogP contribution in [0.1, 0.15) is 25.7 Å². The van der Waals surface area contributed by atoms with Gasteiger partial charge in [-0.2, -0.15) is 0 Å². The Bertz CT molecular complexity index is 126. The SMILES string of the molecule is CN1C2CCC1CC(O)C2.O. The van der Waals surface area contributed by atoms with Crippen molar-refractivity contribution in [3.63, 3.8) is 0 Å². The van der Waals surface area contributed by atoms with Gasteiger partial charge in [-0.15, -0.1) is 0 Å². The van der Waals surface area contributed by atoms with Gasteiger partial charge in [-0.25, -0.2) is 0 Å². The van der Waals surface area contributed by atoms with Crippen LogP contribution >= 0.6 is 0 Å². The van der Waals surface area contributed by atoms with Gasteiger partial charge in [-0.05, 0) is 32.7 Å². The van der Waals surface area contributed by atoms with Gasteiger partial charge in [0.05, 0.1) is 6.10 Å². The van der Waals surface area contributed by atoms with Gasteiger partial charge in [0.25, 0.3) is 0 Å². The molecule has 0 aromatic rings. The zero-order valence-corrected chi connectivity index (χ0v) is 6.95. The zero-order chi connectivity index (χ0) is 7.14. The first-order valence-electron chi connectivity index (χ1n) is 4.17. The van der Waals surface area contributed by atoms with Gasteiger partial charge >= 0.3 is 0 Å². The molecule has 11 heavy (non-hydrogen) atoms. The summed E-state index contributed by atoms with van der Waals surface area (Å²) in [5, 5.41) is 9.38. The number of hydrogen-bond acceptors (Lipinski definition) is 2. The van der Waals surface area contributed by atoms with E-state index in [1.807, 2.05) is 0 Å². The predicted molar refractivity (Wildman–Crippen MR) is 43.4 cm³/mol. The Hall–Kier alpha value is -0.120. The average molecular weight is 159 g/mol. The molecule has 2 fully saturated rings. The number of rotatable bonds is 0. The van der Waals surface area contributed by atoms with Crippen LogP contribution in [0.3, 0.4) is 0 Å². The molecule has 2 aliphatic rings. The van der Waals surface area contributed by atoms with Crippen LogP contribution in [0.15, 0.2) is 0 Å². The number of aliphatic hydroxyl groups excluding tert-OH is 1. The first-order valence-corrected chi connectivity index (χ1v) is 4.17. The van der Waals surface area contributed by atoms with E-state index in [9.17, 15) is 5.11 Å². The van der Waals surface area contributed by atoms with E-state index < -0.39 is 0 Å². The molecule has 2 bridgehead atoms. The van der Waals surface area contributed by atoms with E-state index in [1.54, 1.807) is 0 Å². The van der Waals surface area contributed by atoms with E-state index in [1.165, 1.54) is 12.8 Å². The maximum Gasteiger partial charge on any atom is 0.0570 e. The molecule has 0 aromatic heterocycles. The fraction of sp³-hybridized carbons (Fsp3) is 1.00. The van der Waals surface area contributed by atoms with Gasteiger partial charge in [0.2, 0.25) is 0 Å². The van der Waals surface area contributed by atoms with E-state index in [0.29, 0.717) is 12.1 Å². The summed E-state index contributed by atoms with van der Waals surface area (Å²) in [4.78, 5) is 2.44. The van der Waals surface area contributed by atoms with Crippen molar-refractivity contribution in [1.82, 2.24) is 4.90 Å². The molecule has 2 rings (SSSR count). The monoisotopic (exact) mass is 159 g/mol. The molecule has 66 valence electrons. The van der Waals surface area contributed by atoms with Gasteiger partial charge in [0.15, 0.2) is 0 Å². The average Bonchev–Trinajstić information content (AvgIpc) is 2.20. The second-order valence-electron chi connectivity index (χ2n) is 3.68. The van der Waals surface area contributed by atoms with Crippen molar-refractivity contribution >= 4 is 0 Å². The van der Waals surface area contributed by atoms with Gasteiger partial charge < -0.3 is 15.5 Å². The number of nitrogens with zero attached hydrogens (tertiary/aromatic N) is 1. The molecule has 3 heteroatoms. The fourth-order valence-electron chi connectivity index (χ4n) is 2.38. The Morgan fingerprint density at radius 2 is 1.64 bits per heavy atom. The predicted octanol–water partition coefficient (Wildman–Crippen LogP) is -0.221. The third-order valence-electron chi connectivity index (χ3n) is 3.07. The molecule has 2 heterocycles. The number of aliphatic hydroxyl groups is 1. The quantitative estimate of drug-likeness (QED) is 0.531. The van der Waals surface area contributed by atoms with Crippen molar-refractivity contribution in [2.75, 3.05) is 7.05 Å². The van der Waals surface area contributed by atoms with Gasteiger partial charge in [-0.3, -0.25) is 0 Å². The molecule has 3 nitrogen and oxygen atoms in total. The summed E-state index contributed by atoms with van der Waals surface area (Å²) in [5.74, 6) is 0. The smallest absolute Gasteiger partial charge is 0.0570 e. The highest BCUT2D eigenvalue weighted by Gasteiger charge is 2.37. The Morgan fingerprint density at radius 3 is 2.09 bits per heavy atom. The second kappa shape index (κ2) is 3.09. The normalized spacial score (nSPS) is 43.6. The molecule has 0 saturated carbocycles. The van der Waals surface area contributed by atoms with E-state index in [4.69, 9.17) is 0 Å². The molecular weight excluding hydrogens is 142 g/mol. The van der Waals surface area contributed by atoms with Crippen LogP contribution in [0.5, 0.6) is 0 Å². The molecule has 0 aromatic carbocycles. The summed E-state index contributed by atoms with van der Waals surface area (Å²) in [7, 11) is 2.19. The summed E-state index contributed by atoms with van der Waals surface area (Å²) in [6, 6.07) is 1.38. The van der Waals surface area contributed by atoms with E-state index in [-0.39, 0.29) is 11.6 Å². The van der Waals surface area contributed by atoms with Crippen molar-refractivity contribution in [2.45, 2.75) is 43.9 Å². The number of fused-ring (bicyclic) bond motifs is 2. The minimum Gasteiger partial charge on any atom is -0.412 e. The first-order chi connectivity index (χ1) is 4.77. The van der Waals surface area contributed by atoms with Crippen molar-refractivity contribution < 1.29 is 10.6 Å². The van der Waals surface area contributed by atoms with Crippen LogP contribution in [0, 0.1) is 0 Å². The maximum atomic E-state index is 9.38. The Kier molecular flexibility index (Phi) is 2.52. The maximum absolute atomic E-state index is 9.38. The Balaban J connectivity index is 0.000000605. The molecule has 0 aliphatic carbocycles. The van der Waals surface area contributed by atoms with Crippen LogP contribution in [-0.4, -0.2) is 40.7 Å². The van der Waals surface area contributed by atoms with Crippen LogP contribution in [0.25, 0.3) is 0 Å². The summed E-state index contributed by atoms with van der Waals surface area (Å²) >= 11 is 0. The lowest BCUT2D eigenvalue weighted by molar-refractivity contribution is 0.0503. The number of piperidine rings is 1. The molecule has 2 atom stereocenters. The largest absolute Gasteiger partial charge is 0.412 e. The molecule has 0 spiro atoms. The highest BCUT2D eigenvalue weighted by Crippen LogP contribution is 2.33. The molecule has 2 unspecified atom stereocenters. The van der Waals surface area contributed by atoms with Crippen LogP contribution < -0.4 is 0 Å². The highest BCUT2D eigenvalue weighted by atomic mass is 16.3. The third kappa shape index (κ3) is 1.41. The first kappa shape index (κ1) is 8.97. The lowest BCUT2D eigenvalue weighted by Gasteiger charge is -2.33. The molecule has 2 aliphatic heterocycles. The zero-order valence-electron chi connectivity index (χ0n) is 6.95. The molecule has 0 amide bonds. The van der Waals surface area contributed by atoms with E-state index in [2.05, 4.69) is 11.9 Å². The lowest BCUT2D eigenvalue weighted by atomic mass is 10.0. The summed E-state index contributed by atoms with van der Waals surface area (Å²) in [6.07, 6.45) is 4.62. The third-order valence-corrected chi connectivity index (χ3v) is 3.07. The lowest BCUT2D eigenvalue weighted by Crippen LogP contribution is -2.41. The van der Waals surface area contributed by atoms with Gasteiger partial charge in [0, 0.05) is 12.1 Å². The Labute approximate surface area is 67.3 Å². The molecular formula is C8H17NO2. The minimum absolute atomic E-state index is 0. The summed E-state index contributed by atoms with van der Waals surface area (Å²) < 4.78 is 0. The molecule has 3 N–H and O–H groups in total. The van der Waals surface area contributed by atoms with Crippen molar-refractivity contribution in [3.8, 4) is 0 Å². The van der Waals surface area contributed by atoms with Crippen molar-refractivity contribution in [1.29, 1.82) is 0 Å². The van der Waals surface area contributed by atoms with Crippen LogP contribution in [0.4, 0.5) is 0 Å². The van der Waals surface area contributed by atoms with E-state index in [0.717, 1.165) is 12.8 Å². The number of hydrogen-bond donors (Lipinski definition) is 1. The van der Waals surface area contributed by atoms with E-state index >= 15 is 0 Å². The fourth-order valence-corrected chi connectivity index (χ4v) is 2.38. The van der Waals surface area contributed by atoms with Crippen molar-refractivity contribution in [3.05, 3.63) is 0 Å². The van der Waals surface area contributed by atoms with Gasteiger partial charge in [0.1, 0.15) is 0 Å². The van der Waals surface area contributed by atoms with Gasteiger partial charge in [-0.1, -0.05) is 0 Å². The summed E-state index contributed by atoms with van der Waals surface area (Å²) in [5.41, 5.74) is 0. The Morgan fingerprint density at radius 1 is 1.18 bits per heavy atom. The standard InChI is InChI=1S/C8H15NO.H2O/c1-9-6-2-3-7(9)5-8(10)4-6;/h6-8,10H,2-5H2,1H3;1H2. The molecule has 2 saturated heterocycles. The van der Waals surface area contributed by atoms with Crippen LogP contribution in [0.2, 0.25) is 0 Å². The summed E-state index contributed by atoms with van der Waals surface area (Å²) in [6.45, 7) is 0. The van der Waals surface area contributed by atoms with Crippen LogP contribution in [-0.2, 0) is 0 Å².